The van der Waals surface area contributed by atoms with Crippen molar-refractivity contribution in [1.29, 1.82) is 0 Å². The predicted octanol–water partition coefficient (Wildman–Crippen LogP) is 5.08. The van der Waals surface area contributed by atoms with E-state index in [-0.39, 0.29) is 18.2 Å². The van der Waals surface area contributed by atoms with Crippen molar-refractivity contribution in [3.63, 3.8) is 0 Å². The summed E-state index contributed by atoms with van der Waals surface area (Å²) < 4.78 is 13.1. The number of thiazole rings is 1. The number of aromatic nitrogens is 4. The first-order valence-corrected chi connectivity index (χ1v) is 11.2. The standard InChI is InChI=1S/C23H25N5O3S/c1-6-28-15(4)18(10-24-28)20-12-32-23(25-20)26-22(29)21-19(16(5)31-27-21)11-30-17-8-7-13(2)14(3)9-17/h7-10,12H,6,11H2,1-5H3,(H,25,26,29). The minimum Gasteiger partial charge on any atom is -0.489 e. The Kier molecular flexibility index (Phi) is 6.09. The molecule has 0 radical (unpaired) electrons. The van der Waals surface area contributed by atoms with E-state index in [4.69, 9.17) is 9.26 Å². The summed E-state index contributed by atoms with van der Waals surface area (Å²) in [4.78, 5) is 17.4. The van der Waals surface area contributed by atoms with Crippen LogP contribution in [0.5, 0.6) is 5.75 Å². The first kappa shape index (κ1) is 21.8. The van der Waals surface area contributed by atoms with Crippen LogP contribution in [0.4, 0.5) is 5.13 Å². The zero-order valence-corrected chi connectivity index (χ0v) is 19.5. The van der Waals surface area contributed by atoms with E-state index in [9.17, 15) is 4.79 Å². The molecule has 4 aromatic rings. The molecule has 9 heteroatoms. The highest BCUT2D eigenvalue weighted by Crippen LogP contribution is 2.28. The maximum Gasteiger partial charge on any atom is 0.280 e. The van der Waals surface area contributed by atoms with Crippen LogP contribution >= 0.6 is 11.3 Å². The smallest absolute Gasteiger partial charge is 0.280 e. The SMILES string of the molecule is CCn1ncc(-c2csc(NC(=O)c3noc(C)c3COc3ccc(C)c(C)c3)n2)c1C. The molecule has 1 N–H and O–H groups in total. The lowest BCUT2D eigenvalue weighted by molar-refractivity contribution is 0.101. The Labute approximate surface area is 190 Å². The van der Waals surface area contributed by atoms with Gasteiger partial charge in [-0.15, -0.1) is 11.3 Å². The highest BCUT2D eigenvalue weighted by atomic mass is 32.1. The molecule has 1 amide bonds. The summed E-state index contributed by atoms with van der Waals surface area (Å²) in [7, 11) is 0. The molecule has 3 heterocycles. The molecular formula is C23H25N5O3S. The fraction of sp³-hybridized carbons (Fsp3) is 0.304. The molecule has 32 heavy (non-hydrogen) atoms. The van der Waals surface area contributed by atoms with E-state index in [2.05, 4.69) is 20.6 Å². The Morgan fingerprint density at radius 3 is 2.75 bits per heavy atom. The lowest BCUT2D eigenvalue weighted by Crippen LogP contribution is -2.15. The number of amides is 1. The van der Waals surface area contributed by atoms with E-state index in [1.807, 2.05) is 56.0 Å². The molecule has 0 spiro atoms. The lowest BCUT2D eigenvalue weighted by atomic mass is 10.1. The number of carbonyl (C=O) groups excluding carboxylic acids is 1. The second-order valence-electron chi connectivity index (χ2n) is 7.55. The number of rotatable bonds is 7. The summed E-state index contributed by atoms with van der Waals surface area (Å²) >= 11 is 1.35. The maximum absolute atomic E-state index is 12.9. The Morgan fingerprint density at radius 2 is 2.03 bits per heavy atom. The molecule has 3 aromatic heterocycles. The fourth-order valence-electron chi connectivity index (χ4n) is 3.33. The molecule has 0 saturated carbocycles. The Balaban J connectivity index is 1.48. The third-order valence-electron chi connectivity index (χ3n) is 5.46. The maximum atomic E-state index is 12.9. The summed E-state index contributed by atoms with van der Waals surface area (Å²) in [6.07, 6.45) is 1.79. The second kappa shape index (κ2) is 8.96. The average Bonchev–Trinajstić information content (AvgIpc) is 3.47. The van der Waals surface area contributed by atoms with Crippen molar-refractivity contribution in [2.75, 3.05) is 5.32 Å². The van der Waals surface area contributed by atoms with Crippen molar-refractivity contribution >= 4 is 22.4 Å². The molecule has 0 atom stereocenters. The molecular weight excluding hydrogens is 426 g/mol. The van der Waals surface area contributed by atoms with Gasteiger partial charge < -0.3 is 9.26 Å². The predicted molar refractivity (Wildman–Crippen MR) is 123 cm³/mol. The average molecular weight is 452 g/mol. The van der Waals surface area contributed by atoms with Crippen molar-refractivity contribution in [1.82, 2.24) is 19.9 Å². The van der Waals surface area contributed by atoms with Crippen LogP contribution in [-0.2, 0) is 13.2 Å². The lowest BCUT2D eigenvalue weighted by Gasteiger charge is -2.08. The number of ether oxygens (including phenoxy) is 1. The second-order valence-corrected chi connectivity index (χ2v) is 8.41. The van der Waals surface area contributed by atoms with Gasteiger partial charge in [-0.1, -0.05) is 11.2 Å². The van der Waals surface area contributed by atoms with Gasteiger partial charge in [0, 0.05) is 23.2 Å². The summed E-state index contributed by atoms with van der Waals surface area (Å²) in [6, 6.07) is 5.88. The number of hydrogen-bond acceptors (Lipinski definition) is 7. The summed E-state index contributed by atoms with van der Waals surface area (Å²) in [6.45, 7) is 10.9. The zero-order chi connectivity index (χ0) is 22.8. The first-order chi connectivity index (χ1) is 15.4. The molecule has 4 rings (SSSR count). The molecule has 8 nitrogen and oxygen atoms in total. The number of nitrogens with zero attached hydrogens (tertiary/aromatic N) is 4. The Bertz CT molecular complexity index is 1270. The van der Waals surface area contributed by atoms with Crippen LogP contribution in [0.15, 0.2) is 34.3 Å². The van der Waals surface area contributed by atoms with Gasteiger partial charge in [0.25, 0.3) is 5.91 Å². The van der Waals surface area contributed by atoms with Gasteiger partial charge in [0.05, 0.1) is 17.5 Å². The number of carbonyl (C=O) groups is 1. The highest BCUT2D eigenvalue weighted by Gasteiger charge is 2.22. The van der Waals surface area contributed by atoms with Crippen molar-refractivity contribution in [3.8, 4) is 17.0 Å². The third kappa shape index (κ3) is 4.29. The van der Waals surface area contributed by atoms with E-state index in [0.29, 0.717) is 16.5 Å². The molecule has 0 fully saturated rings. The number of nitrogens with one attached hydrogen (secondary N) is 1. The Morgan fingerprint density at radius 1 is 1.22 bits per heavy atom. The molecule has 0 aliphatic heterocycles. The van der Waals surface area contributed by atoms with E-state index < -0.39 is 0 Å². The van der Waals surface area contributed by atoms with Gasteiger partial charge in [0.15, 0.2) is 10.8 Å². The topological polar surface area (TPSA) is 95.1 Å². The molecule has 0 aliphatic rings. The van der Waals surface area contributed by atoms with E-state index in [0.717, 1.165) is 34.8 Å². The van der Waals surface area contributed by atoms with Gasteiger partial charge in [0.2, 0.25) is 0 Å². The minimum absolute atomic E-state index is 0.180. The molecule has 166 valence electrons. The van der Waals surface area contributed by atoms with Crippen LogP contribution in [-0.4, -0.2) is 25.8 Å². The molecule has 0 aliphatic carbocycles. The number of benzene rings is 1. The van der Waals surface area contributed by atoms with Crippen LogP contribution in [0.2, 0.25) is 0 Å². The summed E-state index contributed by atoms with van der Waals surface area (Å²) in [5.41, 5.74) is 5.89. The largest absolute Gasteiger partial charge is 0.489 e. The van der Waals surface area contributed by atoms with Gasteiger partial charge in [-0.05, 0) is 57.9 Å². The highest BCUT2D eigenvalue weighted by molar-refractivity contribution is 7.14. The van der Waals surface area contributed by atoms with Gasteiger partial charge in [-0.3, -0.25) is 14.8 Å². The Hall–Kier alpha value is -3.46. The van der Waals surface area contributed by atoms with Gasteiger partial charge >= 0.3 is 0 Å². The summed E-state index contributed by atoms with van der Waals surface area (Å²) in [5.74, 6) is 0.886. The van der Waals surface area contributed by atoms with E-state index in [1.54, 1.807) is 13.1 Å². The van der Waals surface area contributed by atoms with Crippen LogP contribution in [0.3, 0.4) is 0 Å². The van der Waals surface area contributed by atoms with Crippen LogP contribution < -0.4 is 10.1 Å². The van der Waals surface area contributed by atoms with Gasteiger partial charge in [-0.25, -0.2) is 4.98 Å². The van der Waals surface area contributed by atoms with Gasteiger partial charge in [-0.2, -0.15) is 5.10 Å². The summed E-state index contributed by atoms with van der Waals surface area (Å²) in [5, 5.41) is 13.5. The van der Waals surface area contributed by atoms with Crippen LogP contribution in [0.25, 0.3) is 11.3 Å². The zero-order valence-electron chi connectivity index (χ0n) is 18.7. The van der Waals surface area contributed by atoms with Crippen molar-refractivity contribution < 1.29 is 14.1 Å². The monoisotopic (exact) mass is 451 g/mol. The van der Waals surface area contributed by atoms with Gasteiger partial charge in [0.1, 0.15) is 18.1 Å². The normalized spacial score (nSPS) is 11.0. The molecule has 0 saturated heterocycles. The van der Waals surface area contributed by atoms with E-state index >= 15 is 0 Å². The van der Waals surface area contributed by atoms with Crippen molar-refractivity contribution in [3.05, 3.63) is 63.6 Å². The van der Waals surface area contributed by atoms with Crippen molar-refractivity contribution in [2.24, 2.45) is 0 Å². The molecule has 0 bridgehead atoms. The fourth-order valence-corrected chi connectivity index (χ4v) is 4.03. The number of anilines is 1. The number of aryl methyl sites for hydroxylation is 4. The molecule has 1 aromatic carbocycles. The number of hydrogen-bond donors (Lipinski definition) is 1. The van der Waals surface area contributed by atoms with Crippen LogP contribution in [0.1, 0.15) is 45.6 Å². The first-order valence-electron chi connectivity index (χ1n) is 10.3. The third-order valence-corrected chi connectivity index (χ3v) is 6.22. The minimum atomic E-state index is -0.387. The van der Waals surface area contributed by atoms with Crippen molar-refractivity contribution in [2.45, 2.75) is 47.8 Å². The quantitative estimate of drug-likeness (QED) is 0.421. The molecule has 0 unspecified atom stereocenters. The van der Waals surface area contributed by atoms with Crippen LogP contribution in [0, 0.1) is 27.7 Å². The van der Waals surface area contributed by atoms with E-state index in [1.165, 1.54) is 16.9 Å².